The smallest absolute Gasteiger partial charge is 0.319 e. The second-order valence-electron chi connectivity index (χ2n) is 6.78. The molecule has 166 valence electrons. The average Bonchev–Trinajstić information content (AvgIpc) is 2.74. The molecule has 1 aliphatic heterocycles. The number of nitrogens with one attached hydrogen (secondary N) is 3. The standard InChI is InChI=1S/C22H20BrClN4O4/c1-3-31-17-11-13(10-16(24)20(17)32-9-8-25)19-18(12(2)26-22(30)28-19)21(29)27-15-6-4-14(23)5-7-15/h4-7,10-11,18-19H,2-3,9H2,1H3,(H,27,29)(H2,26,28,30)/t18-,19+/m1/s1. The van der Waals surface area contributed by atoms with Gasteiger partial charge in [-0.1, -0.05) is 34.1 Å². The number of hydrogen-bond acceptors (Lipinski definition) is 5. The Labute approximate surface area is 198 Å². The van der Waals surface area contributed by atoms with Gasteiger partial charge in [-0.3, -0.25) is 4.79 Å². The van der Waals surface area contributed by atoms with Crippen LogP contribution in [0.15, 0.2) is 53.1 Å². The summed E-state index contributed by atoms with van der Waals surface area (Å²) in [5, 5.41) is 17.2. The maximum absolute atomic E-state index is 13.2. The molecule has 3 rings (SSSR count). The fraction of sp³-hybridized carbons (Fsp3) is 0.227. The molecule has 0 bridgehead atoms. The van der Waals surface area contributed by atoms with Crippen LogP contribution in [0.1, 0.15) is 18.5 Å². The summed E-state index contributed by atoms with van der Waals surface area (Å²) >= 11 is 9.76. The van der Waals surface area contributed by atoms with Crippen LogP contribution in [0.2, 0.25) is 5.02 Å². The molecule has 3 N–H and O–H groups in total. The Morgan fingerprint density at radius 1 is 1.31 bits per heavy atom. The monoisotopic (exact) mass is 518 g/mol. The second kappa shape index (κ2) is 10.4. The molecule has 1 fully saturated rings. The fourth-order valence-electron chi connectivity index (χ4n) is 3.30. The molecule has 1 heterocycles. The van der Waals surface area contributed by atoms with Crippen molar-refractivity contribution >= 4 is 45.2 Å². The first-order chi connectivity index (χ1) is 15.3. The average molecular weight is 520 g/mol. The number of nitrogens with zero attached hydrogens (tertiary/aromatic N) is 1. The molecular weight excluding hydrogens is 500 g/mol. The van der Waals surface area contributed by atoms with E-state index in [9.17, 15) is 9.59 Å². The zero-order chi connectivity index (χ0) is 23.3. The summed E-state index contributed by atoms with van der Waals surface area (Å²) in [6, 6.07) is 10.9. The molecule has 2 atom stereocenters. The van der Waals surface area contributed by atoms with Crippen molar-refractivity contribution in [3.05, 3.63) is 63.7 Å². The molecule has 1 saturated heterocycles. The van der Waals surface area contributed by atoms with Crippen molar-refractivity contribution in [1.82, 2.24) is 10.6 Å². The quantitative estimate of drug-likeness (QED) is 0.498. The molecule has 2 aromatic carbocycles. The Bertz CT molecular complexity index is 1080. The molecule has 1 aliphatic rings. The molecule has 0 aromatic heterocycles. The number of rotatable bonds is 7. The summed E-state index contributed by atoms with van der Waals surface area (Å²) in [5.41, 5.74) is 1.36. The fourth-order valence-corrected chi connectivity index (χ4v) is 3.84. The first-order valence-corrected chi connectivity index (χ1v) is 10.8. The summed E-state index contributed by atoms with van der Waals surface area (Å²) in [5.74, 6) is -0.689. The molecule has 0 saturated carbocycles. The highest BCUT2D eigenvalue weighted by Crippen LogP contribution is 2.41. The maximum Gasteiger partial charge on any atom is 0.319 e. The lowest BCUT2D eigenvalue weighted by molar-refractivity contribution is -0.119. The SMILES string of the molecule is C=C1NC(=O)N[C@@H](c2cc(Cl)c(OCC#N)c(OCC)c2)[C@@H]1C(=O)Nc1ccc(Br)cc1. The Morgan fingerprint density at radius 3 is 2.69 bits per heavy atom. The second-order valence-corrected chi connectivity index (χ2v) is 8.11. The van der Waals surface area contributed by atoms with Gasteiger partial charge in [-0.15, -0.1) is 0 Å². The third-order valence-electron chi connectivity index (χ3n) is 4.64. The van der Waals surface area contributed by atoms with Crippen LogP contribution in [-0.2, 0) is 4.79 Å². The van der Waals surface area contributed by atoms with Crippen LogP contribution in [-0.4, -0.2) is 25.2 Å². The van der Waals surface area contributed by atoms with Crippen LogP contribution >= 0.6 is 27.5 Å². The lowest BCUT2D eigenvalue weighted by Crippen LogP contribution is -2.51. The number of ether oxygens (including phenoxy) is 2. The highest BCUT2D eigenvalue weighted by molar-refractivity contribution is 9.10. The van der Waals surface area contributed by atoms with Crippen molar-refractivity contribution in [3.63, 3.8) is 0 Å². The van der Waals surface area contributed by atoms with Crippen LogP contribution in [0.3, 0.4) is 0 Å². The molecule has 8 nitrogen and oxygen atoms in total. The van der Waals surface area contributed by atoms with Gasteiger partial charge in [-0.25, -0.2) is 4.79 Å². The number of carbonyl (C=O) groups excluding carboxylic acids is 2. The van der Waals surface area contributed by atoms with Crippen molar-refractivity contribution < 1.29 is 19.1 Å². The summed E-state index contributed by atoms with van der Waals surface area (Å²) in [4.78, 5) is 25.3. The topological polar surface area (TPSA) is 112 Å². The highest BCUT2D eigenvalue weighted by Gasteiger charge is 2.38. The number of carbonyl (C=O) groups is 2. The van der Waals surface area contributed by atoms with E-state index in [1.165, 1.54) is 0 Å². The largest absolute Gasteiger partial charge is 0.490 e. The first-order valence-electron chi connectivity index (χ1n) is 9.62. The number of benzene rings is 2. The van der Waals surface area contributed by atoms with Gasteiger partial charge in [0.2, 0.25) is 5.91 Å². The van der Waals surface area contributed by atoms with E-state index >= 15 is 0 Å². The van der Waals surface area contributed by atoms with E-state index < -0.39 is 18.0 Å². The van der Waals surface area contributed by atoms with Gasteiger partial charge in [-0.05, 0) is 48.9 Å². The number of nitriles is 1. The number of amides is 3. The van der Waals surface area contributed by atoms with E-state index in [0.29, 0.717) is 23.6 Å². The molecule has 32 heavy (non-hydrogen) atoms. The van der Waals surface area contributed by atoms with Gasteiger partial charge in [0, 0.05) is 15.9 Å². The van der Waals surface area contributed by atoms with E-state index in [0.717, 1.165) is 4.47 Å². The van der Waals surface area contributed by atoms with Gasteiger partial charge < -0.3 is 25.4 Å². The molecule has 10 heteroatoms. The van der Waals surface area contributed by atoms with E-state index in [2.05, 4.69) is 38.5 Å². The Hall–Kier alpha value is -3.22. The normalized spacial score (nSPS) is 17.6. The molecule has 0 spiro atoms. The zero-order valence-electron chi connectivity index (χ0n) is 17.1. The van der Waals surface area contributed by atoms with Gasteiger partial charge in [0.25, 0.3) is 0 Å². The minimum Gasteiger partial charge on any atom is -0.490 e. The minimum absolute atomic E-state index is 0.187. The van der Waals surface area contributed by atoms with Crippen LogP contribution < -0.4 is 25.4 Å². The summed E-state index contributed by atoms with van der Waals surface area (Å²) < 4.78 is 11.9. The third kappa shape index (κ3) is 5.33. The van der Waals surface area contributed by atoms with Gasteiger partial charge in [0.05, 0.1) is 17.7 Å². The lowest BCUT2D eigenvalue weighted by Gasteiger charge is -2.34. The van der Waals surface area contributed by atoms with E-state index in [4.69, 9.17) is 26.3 Å². The summed E-state index contributed by atoms with van der Waals surface area (Å²) in [7, 11) is 0. The molecule has 3 amide bonds. The molecule has 0 unspecified atom stereocenters. The van der Waals surface area contributed by atoms with Gasteiger partial charge in [0.15, 0.2) is 18.1 Å². The highest BCUT2D eigenvalue weighted by atomic mass is 79.9. The summed E-state index contributed by atoms with van der Waals surface area (Å²) in [6.07, 6.45) is 0. The first kappa shape index (κ1) is 23.4. The van der Waals surface area contributed by atoms with Crippen molar-refractivity contribution in [2.24, 2.45) is 5.92 Å². The molecule has 2 aromatic rings. The Morgan fingerprint density at radius 2 is 2.03 bits per heavy atom. The molecular formula is C22H20BrClN4O4. The van der Waals surface area contributed by atoms with Crippen molar-refractivity contribution in [1.29, 1.82) is 5.26 Å². The van der Waals surface area contributed by atoms with Crippen LogP contribution in [0, 0.1) is 17.2 Å². The third-order valence-corrected chi connectivity index (χ3v) is 5.44. The maximum atomic E-state index is 13.2. The Kier molecular flexibility index (Phi) is 7.62. The van der Waals surface area contributed by atoms with Crippen LogP contribution in [0.5, 0.6) is 11.5 Å². The van der Waals surface area contributed by atoms with Crippen molar-refractivity contribution in [3.8, 4) is 17.6 Å². The van der Waals surface area contributed by atoms with Crippen LogP contribution in [0.4, 0.5) is 10.5 Å². The molecule has 0 radical (unpaired) electrons. The number of anilines is 1. The van der Waals surface area contributed by atoms with E-state index in [-0.39, 0.29) is 29.0 Å². The summed E-state index contributed by atoms with van der Waals surface area (Å²) in [6.45, 7) is 5.77. The molecule has 0 aliphatic carbocycles. The minimum atomic E-state index is -0.840. The van der Waals surface area contributed by atoms with Crippen LogP contribution in [0.25, 0.3) is 0 Å². The number of urea groups is 1. The van der Waals surface area contributed by atoms with Gasteiger partial charge >= 0.3 is 6.03 Å². The predicted molar refractivity (Wildman–Crippen MR) is 124 cm³/mol. The number of hydrogen-bond donors (Lipinski definition) is 3. The zero-order valence-corrected chi connectivity index (χ0v) is 19.4. The predicted octanol–water partition coefficient (Wildman–Crippen LogP) is 4.53. The number of halogens is 2. The van der Waals surface area contributed by atoms with Gasteiger partial charge in [-0.2, -0.15) is 5.26 Å². The lowest BCUT2D eigenvalue weighted by atomic mass is 9.88. The van der Waals surface area contributed by atoms with Crippen molar-refractivity contribution in [2.45, 2.75) is 13.0 Å². The Balaban J connectivity index is 1.97. The van der Waals surface area contributed by atoms with Crippen molar-refractivity contribution in [2.75, 3.05) is 18.5 Å². The van der Waals surface area contributed by atoms with E-state index in [1.54, 1.807) is 43.3 Å². The van der Waals surface area contributed by atoms with Gasteiger partial charge in [0.1, 0.15) is 12.0 Å². The van der Waals surface area contributed by atoms with E-state index in [1.807, 2.05) is 6.07 Å².